The summed E-state index contributed by atoms with van der Waals surface area (Å²) in [6.07, 6.45) is -1.28. The summed E-state index contributed by atoms with van der Waals surface area (Å²) < 4.78 is 50.8. The first-order valence-electron chi connectivity index (χ1n) is 5.62. The van der Waals surface area contributed by atoms with Crippen molar-refractivity contribution in [2.24, 2.45) is 0 Å². The maximum absolute atomic E-state index is 13.5. The number of rotatable bonds is 3. The largest absolute Gasteiger partial charge is 1.00 e. The Bertz CT molecular complexity index is 571. The van der Waals surface area contributed by atoms with Crippen LogP contribution in [-0.2, 0) is 0 Å². The van der Waals surface area contributed by atoms with Crippen LogP contribution in [0.15, 0.2) is 48.5 Å². The van der Waals surface area contributed by atoms with Gasteiger partial charge in [0.2, 0.25) is 0 Å². The van der Waals surface area contributed by atoms with Gasteiger partial charge in [-0.2, -0.15) is 0 Å². The van der Waals surface area contributed by atoms with Gasteiger partial charge in [-0.3, -0.25) is 0 Å². The van der Waals surface area contributed by atoms with Crippen molar-refractivity contribution in [3.8, 4) is 0 Å². The van der Waals surface area contributed by atoms with Crippen molar-refractivity contribution in [3.05, 3.63) is 65.5 Å². The van der Waals surface area contributed by atoms with Gasteiger partial charge in [-0.05, 0) is 11.6 Å². The molecule has 20 heavy (non-hydrogen) atoms. The van der Waals surface area contributed by atoms with Crippen LogP contribution in [0.1, 0.15) is 17.2 Å². The fourth-order valence-electron chi connectivity index (χ4n) is 1.77. The zero-order valence-electron chi connectivity index (χ0n) is 10.7. The molecule has 0 fully saturated rings. The molecular formula is C13H10BF4KO. The predicted octanol–water partition coefficient (Wildman–Crippen LogP) is -0.0342. The van der Waals surface area contributed by atoms with Gasteiger partial charge in [0.1, 0.15) is 11.9 Å². The maximum Gasteiger partial charge on any atom is 1.00 e. The molecule has 0 bridgehead atoms. The van der Waals surface area contributed by atoms with Crippen LogP contribution in [0.4, 0.5) is 17.3 Å². The SMILES string of the molecule is OC(c1ccc([B-](F)(F)F)cc1)c1ccccc1F.[K+]. The monoisotopic (exact) mass is 308 g/mol. The number of hydrogen-bond donors (Lipinski definition) is 1. The van der Waals surface area contributed by atoms with Crippen molar-refractivity contribution in [1.82, 2.24) is 0 Å². The molecule has 2 aromatic carbocycles. The second kappa shape index (κ2) is 7.20. The minimum Gasteiger partial charge on any atom is -0.445 e. The Balaban J connectivity index is 0.00000200. The Labute approximate surface area is 156 Å². The Morgan fingerprint density at radius 2 is 1.45 bits per heavy atom. The van der Waals surface area contributed by atoms with E-state index in [9.17, 15) is 22.4 Å². The zero-order chi connectivity index (χ0) is 14.0. The molecule has 0 radical (unpaired) electrons. The number of aliphatic hydroxyl groups is 1. The van der Waals surface area contributed by atoms with E-state index in [0.717, 1.165) is 24.3 Å². The molecule has 0 spiro atoms. The Morgan fingerprint density at radius 3 is 1.95 bits per heavy atom. The number of benzene rings is 2. The molecular weight excluding hydrogens is 298 g/mol. The van der Waals surface area contributed by atoms with Crippen LogP contribution in [0, 0.1) is 5.82 Å². The van der Waals surface area contributed by atoms with Crippen LogP contribution in [0.25, 0.3) is 0 Å². The van der Waals surface area contributed by atoms with Gasteiger partial charge in [0, 0.05) is 5.56 Å². The summed E-state index contributed by atoms with van der Waals surface area (Å²) >= 11 is 0. The molecule has 1 unspecified atom stereocenters. The Morgan fingerprint density at radius 1 is 0.900 bits per heavy atom. The van der Waals surface area contributed by atoms with Crippen molar-refractivity contribution in [1.29, 1.82) is 0 Å². The molecule has 0 aliphatic carbocycles. The van der Waals surface area contributed by atoms with Gasteiger partial charge in [0.25, 0.3) is 0 Å². The molecule has 0 amide bonds. The second-order valence-corrected chi connectivity index (χ2v) is 4.17. The van der Waals surface area contributed by atoms with Gasteiger partial charge < -0.3 is 18.1 Å². The molecule has 0 aliphatic heterocycles. The van der Waals surface area contributed by atoms with Gasteiger partial charge in [-0.15, -0.1) is 5.46 Å². The summed E-state index contributed by atoms with van der Waals surface area (Å²) in [6.45, 7) is -5.06. The van der Waals surface area contributed by atoms with Crippen molar-refractivity contribution in [2.75, 3.05) is 0 Å². The normalized spacial score (nSPS) is 12.7. The van der Waals surface area contributed by atoms with Crippen molar-refractivity contribution in [3.63, 3.8) is 0 Å². The number of halogens is 4. The minimum absolute atomic E-state index is 0. The summed E-state index contributed by atoms with van der Waals surface area (Å²) in [4.78, 5) is 0. The van der Waals surface area contributed by atoms with E-state index >= 15 is 0 Å². The van der Waals surface area contributed by atoms with Gasteiger partial charge >= 0.3 is 58.4 Å². The summed E-state index contributed by atoms with van der Waals surface area (Å²) in [6, 6.07) is 9.69. The zero-order valence-corrected chi connectivity index (χ0v) is 13.9. The fraction of sp³-hybridized carbons (Fsp3) is 0.0769. The van der Waals surface area contributed by atoms with E-state index in [4.69, 9.17) is 0 Å². The molecule has 2 rings (SSSR count). The van der Waals surface area contributed by atoms with Gasteiger partial charge in [-0.1, -0.05) is 42.5 Å². The molecule has 7 heteroatoms. The van der Waals surface area contributed by atoms with Gasteiger partial charge in [0.15, 0.2) is 0 Å². The first-order valence-corrected chi connectivity index (χ1v) is 5.62. The summed E-state index contributed by atoms with van der Waals surface area (Å²) in [5.41, 5.74) is -0.494. The molecule has 0 aliphatic rings. The van der Waals surface area contributed by atoms with E-state index in [0.29, 0.717) is 0 Å². The van der Waals surface area contributed by atoms with E-state index in [-0.39, 0.29) is 62.5 Å². The third-order valence-electron chi connectivity index (χ3n) is 2.83. The third kappa shape index (κ3) is 4.16. The van der Waals surface area contributed by atoms with E-state index < -0.39 is 24.4 Å². The number of aliphatic hydroxyl groups excluding tert-OH is 1. The summed E-state index contributed by atoms with van der Waals surface area (Å²) in [7, 11) is 0. The quantitative estimate of drug-likeness (QED) is 0.623. The van der Waals surface area contributed by atoms with E-state index in [2.05, 4.69) is 0 Å². The number of hydrogen-bond acceptors (Lipinski definition) is 1. The molecule has 2 aromatic rings. The second-order valence-electron chi connectivity index (χ2n) is 4.17. The molecule has 1 nitrogen and oxygen atoms in total. The van der Waals surface area contributed by atoms with Crippen LogP contribution >= 0.6 is 0 Å². The van der Waals surface area contributed by atoms with Crippen LogP contribution in [0.3, 0.4) is 0 Å². The first-order chi connectivity index (χ1) is 8.89. The van der Waals surface area contributed by atoms with Crippen molar-refractivity contribution in [2.45, 2.75) is 6.10 Å². The van der Waals surface area contributed by atoms with E-state index in [1.54, 1.807) is 6.07 Å². The average Bonchev–Trinajstić information content (AvgIpc) is 2.38. The van der Waals surface area contributed by atoms with Crippen LogP contribution in [-0.4, -0.2) is 12.1 Å². The molecule has 1 atom stereocenters. The standard InChI is InChI=1S/C13H10BF4O.K/c15-12-4-2-1-3-11(12)13(19)9-5-7-10(8-6-9)14(16,17)18;/h1-8,13,19H;/q-1;+1. The van der Waals surface area contributed by atoms with Gasteiger partial charge in [0.05, 0.1) is 0 Å². The molecule has 0 aromatic heterocycles. The fourth-order valence-corrected chi connectivity index (χ4v) is 1.77. The predicted molar refractivity (Wildman–Crippen MR) is 65.6 cm³/mol. The van der Waals surface area contributed by atoms with Gasteiger partial charge in [-0.25, -0.2) is 4.39 Å². The summed E-state index contributed by atoms with van der Waals surface area (Å²) in [5.74, 6) is -0.598. The molecule has 0 saturated heterocycles. The minimum atomic E-state index is -5.06. The van der Waals surface area contributed by atoms with Crippen LogP contribution < -0.4 is 56.8 Å². The molecule has 100 valence electrons. The van der Waals surface area contributed by atoms with E-state index in [1.807, 2.05) is 0 Å². The van der Waals surface area contributed by atoms with Crippen molar-refractivity contribution >= 4 is 12.4 Å². The summed E-state index contributed by atoms with van der Waals surface area (Å²) in [5, 5.41) is 9.95. The average molecular weight is 308 g/mol. The van der Waals surface area contributed by atoms with Crippen molar-refractivity contribution < 1.29 is 73.8 Å². The Kier molecular flexibility index (Phi) is 6.43. The first kappa shape index (κ1) is 17.9. The third-order valence-corrected chi connectivity index (χ3v) is 2.83. The maximum atomic E-state index is 13.5. The van der Waals surface area contributed by atoms with Crippen LogP contribution in [0.2, 0.25) is 0 Å². The topological polar surface area (TPSA) is 20.2 Å². The Hall–Kier alpha value is -0.179. The molecule has 1 N–H and O–H groups in total. The smallest absolute Gasteiger partial charge is 0.445 e. The molecule has 0 saturated carbocycles. The van der Waals surface area contributed by atoms with E-state index in [1.165, 1.54) is 18.2 Å². The van der Waals surface area contributed by atoms with Crippen LogP contribution in [0.5, 0.6) is 0 Å². The molecule has 0 heterocycles.